The van der Waals surface area contributed by atoms with E-state index >= 15 is 0 Å². The number of carbonyl (C=O) groups is 1. The Kier molecular flexibility index (Phi) is 8.60. The summed E-state index contributed by atoms with van der Waals surface area (Å²) in [5.74, 6) is 1.30. The highest BCUT2D eigenvalue weighted by Crippen LogP contribution is 2.33. The van der Waals surface area contributed by atoms with Crippen molar-refractivity contribution >= 4 is 16.9 Å². The molecule has 5 heteroatoms. The van der Waals surface area contributed by atoms with Gasteiger partial charge in [0.2, 0.25) is 0 Å². The van der Waals surface area contributed by atoms with Gasteiger partial charge in [-0.1, -0.05) is 32.6 Å². The van der Waals surface area contributed by atoms with Gasteiger partial charge in [0.05, 0.1) is 30.9 Å². The quantitative estimate of drug-likeness (QED) is 0.229. The topological polar surface area (TPSA) is 49.7 Å². The number of nitrogens with zero attached hydrogens (tertiary/aromatic N) is 1. The van der Waals surface area contributed by atoms with Crippen LogP contribution in [0.15, 0.2) is 42.5 Å². The molecule has 0 radical (unpaired) electrons. The summed E-state index contributed by atoms with van der Waals surface area (Å²) >= 11 is 0. The van der Waals surface area contributed by atoms with E-state index < -0.39 is 0 Å². The predicted octanol–water partition coefficient (Wildman–Crippen LogP) is 6.86. The second-order valence-corrected chi connectivity index (χ2v) is 7.88. The molecule has 0 amide bonds. The van der Waals surface area contributed by atoms with Crippen LogP contribution in [0.2, 0.25) is 0 Å². The first-order chi connectivity index (χ1) is 15.6. The minimum atomic E-state index is -0.309. The van der Waals surface area contributed by atoms with E-state index in [4.69, 9.17) is 14.2 Å². The van der Waals surface area contributed by atoms with Crippen molar-refractivity contribution in [3.63, 3.8) is 0 Å². The second kappa shape index (κ2) is 11.6. The summed E-state index contributed by atoms with van der Waals surface area (Å²) in [5.41, 5.74) is 3.35. The maximum absolute atomic E-state index is 12.8. The SMILES string of the molecule is CCCCCCCOc1ccc2c(c1)c(C(=O)OCC)c(C)n2-c1ccc(OCC)cc1. The molecule has 0 spiro atoms. The van der Waals surface area contributed by atoms with Gasteiger partial charge in [0.25, 0.3) is 0 Å². The monoisotopic (exact) mass is 437 g/mol. The molecule has 1 aromatic heterocycles. The Morgan fingerprint density at radius 1 is 0.844 bits per heavy atom. The first kappa shape index (κ1) is 23.7. The molecule has 0 aliphatic carbocycles. The van der Waals surface area contributed by atoms with Crippen LogP contribution in [0.25, 0.3) is 16.6 Å². The van der Waals surface area contributed by atoms with Crippen LogP contribution in [-0.2, 0) is 4.74 Å². The average Bonchev–Trinajstić information content (AvgIpc) is 3.08. The van der Waals surface area contributed by atoms with Crippen molar-refractivity contribution < 1.29 is 19.0 Å². The fraction of sp³-hybridized carbons (Fsp3) is 0.444. The molecule has 0 saturated carbocycles. The standard InChI is InChI=1S/C27H35NO4/c1-5-8-9-10-11-18-32-23-16-17-25-24(19-23)26(27(29)31-7-3)20(4)28(25)21-12-14-22(15-13-21)30-6-2/h12-17,19H,5-11,18H2,1-4H3. The third-order valence-corrected chi connectivity index (χ3v) is 5.58. The minimum absolute atomic E-state index is 0.309. The first-order valence-corrected chi connectivity index (χ1v) is 11.8. The van der Waals surface area contributed by atoms with Gasteiger partial charge in [-0.15, -0.1) is 0 Å². The largest absolute Gasteiger partial charge is 0.494 e. The van der Waals surface area contributed by atoms with E-state index in [2.05, 4.69) is 11.5 Å². The molecule has 5 nitrogen and oxygen atoms in total. The smallest absolute Gasteiger partial charge is 0.340 e. The van der Waals surface area contributed by atoms with Gasteiger partial charge in [-0.3, -0.25) is 0 Å². The highest BCUT2D eigenvalue weighted by molar-refractivity contribution is 6.07. The summed E-state index contributed by atoms with van der Waals surface area (Å²) in [7, 11) is 0. The lowest BCUT2D eigenvalue weighted by atomic mass is 10.1. The molecule has 172 valence electrons. The molecule has 3 rings (SSSR count). The van der Waals surface area contributed by atoms with Crippen molar-refractivity contribution in [2.45, 2.75) is 59.8 Å². The van der Waals surface area contributed by atoms with E-state index in [1.807, 2.05) is 63.2 Å². The number of rotatable bonds is 12. The fourth-order valence-electron chi connectivity index (χ4n) is 4.03. The van der Waals surface area contributed by atoms with Gasteiger partial charge in [-0.05, 0) is 69.7 Å². The van der Waals surface area contributed by atoms with Crippen LogP contribution in [-0.4, -0.2) is 30.4 Å². The predicted molar refractivity (Wildman–Crippen MR) is 129 cm³/mol. The van der Waals surface area contributed by atoms with Crippen molar-refractivity contribution in [1.82, 2.24) is 4.57 Å². The van der Waals surface area contributed by atoms with Gasteiger partial charge in [0.15, 0.2) is 0 Å². The number of carbonyl (C=O) groups excluding carboxylic acids is 1. The lowest BCUT2D eigenvalue weighted by Crippen LogP contribution is -2.07. The third kappa shape index (κ3) is 5.45. The molecule has 0 saturated heterocycles. The Bertz CT molecular complexity index is 1020. The number of benzene rings is 2. The fourth-order valence-corrected chi connectivity index (χ4v) is 4.03. The van der Waals surface area contributed by atoms with Crippen LogP contribution >= 0.6 is 0 Å². The van der Waals surface area contributed by atoms with E-state index in [1.165, 1.54) is 25.7 Å². The number of esters is 1. The van der Waals surface area contributed by atoms with Gasteiger partial charge in [-0.25, -0.2) is 4.79 Å². The average molecular weight is 438 g/mol. The number of hydrogen-bond acceptors (Lipinski definition) is 4. The lowest BCUT2D eigenvalue weighted by molar-refractivity contribution is 0.0527. The number of aromatic nitrogens is 1. The molecular weight excluding hydrogens is 402 g/mol. The molecule has 3 aromatic rings. The van der Waals surface area contributed by atoms with Crippen LogP contribution in [0, 0.1) is 6.92 Å². The van der Waals surface area contributed by atoms with Crippen molar-refractivity contribution in [2.24, 2.45) is 0 Å². The molecule has 32 heavy (non-hydrogen) atoms. The Balaban J connectivity index is 1.94. The molecular formula is C27H35NO4. The summed E-state index contributed by atoms with van der Waals surface area (Å²) in [6.45, 7) is 9.61. The second-order valence-electron chi connectivity index (χ2n) is 7.88. The summed E-state index contributed by atoms with van der Waals surface area (Å²) in [5, 5.41) is 0.846. The van der Waals surface area contributed by atoms with Crippen molar-refractivity contribution in [3.05, 3.63) is 53.7 Å². The molecule has 0 N–H and O–H groups in total. The normalized spacial score (nSPS) is 11.0. The molecule has 1 heterocycles. The highest BCUT2D eigenvalue weighted by atomic mass is 16.5. The van der Waals surface area contributed by atoms with Gasteiger partial charge in [0.1, 0.15) is 11.5 Å². The lowest BCUT2D eigenvalue weighted by Gasteiger charge is -2.11. The van der Waals surface area contributed by atoms with E-state index in [9.17, 15) is 4.79 Å². The molecule has 0 aliphatic heterocycles. The van der Waals surface area contributed by atoms with Crippen LogP contribution in [0.3, 0.4) is 0 Å². The van der Waals surface area contributed by atoms with Crippen LogP contribution in [0.1, 0.15) is 68.9 Å². The maximum atomic E-state index is 12.8. The Labute approximate surface area is 191 Å². The summed E-state index contributed by atoms with van der Waals surface area (Å²) in [4.78, 5) is 12.8. The van der Waals surface area contributed by atoms with Crippen molar-refractivity contribution in [2.75, 3.05) is 19.8 Å². The minimum Gasteiger partial charge on any atom is -0.494 e. The zero-order valence-corrected chi connectivity index (χ0v) is 19.8. The highest BCUT2D eigenvalue weighted by Gasteiger charge is 2.22. The molecule has 0 bridgehead atoms. The maximum Gasteiger partial charge on any atom is 0.340 e. The molecule has 2 aromatic carbocycles. The third-order valence-electron chi connectivity index (χ3n) is 5.58. The van der Waals surface area contributed by atoms with Gasteiger partial charge in [0, 0.05) is 16.8 Å². The number of unbranched alkanes of at least 4 members (excludes halogenated alkanes) is 4. The summed E-state index contributed by atoms with van der Waals surface area (Å²) in [6.07, 6.45) is 5.97. The van der Waals surface area contributed by atoms with E-state index in [1.54, 1.807) is 0 Å². The Morgan fingerprint density at radius 2 is 1.56 bits per heavy atom. The molecule has 0 aliphatic rings. The van der Waals surface area contributed by atoms with Crippen LogP contribution in [0.5, 0.6) is 11.5 Å². The van der Waals surface area contributed by atoms with Gasteiger partial charge < -0.3 is 18.8 Å². The van der Waals surface area contributed by atoms with Crippen molar-refractivity contribution in [3.8, 4) is 17.2 Å². The molecule has 0 unspecified atom stereocenters. The van der Waals surface area contributed by atoms with E-state index in [0.29, 0.717) is 25.4 Å². The number of ether oxygens (including phenoxy) is 3. The van der Waals surface area contributed by atoms with E-state index in [0.717, 1.165) is 40.2 Å². The Hall–Kier alpha value is -2.95. The summed E-state index contributed by atoms with van der Waals surface area (Å²) < 4.78 is 19.1. The van der Waals surface area contributed by atoms with Gasteiger partial charge in [-0.2, -0.15) is 0 Å². The zero-order valence-electron chi connectivity index (χ0n) is 19.8. The zero-order chi connectivity index (χ0) is 22.9. The molecule has 0 fully saturated rings. The van der Waals surface area contributed by atoms with Crippen molar-refractivity contribution in [1.29, 1.82) is 0 Å². The first-order valence-electron chi connectivity index (χ1n) is 11.8. The van der Waals surface area contributed by atoms with Gasteiger partial charge >= 0.3 is 5.97 Å². The van der Waals surface area contributed by atoms with Crippen LogP contribution < -0.4 is 9.47 Å². The number of hydrogen-bond donors (Lipinski definition) is 0. The Morgan fingerprint density at radius 3 is 2.25 bits per heavy atom. The van der Waals surface area contributed by atoms with Crippen LogP contribution in [0.4, 0.5) is 0 Å². The van der Waals surface area contributed by atoms with E-state index in [-0.39, 0.29) is 5.97 Å². The summed E-state index contributed by atoms with van der Waals surface area (Å²) in [6, 6.07) is 13.9. The molecule has 0 atom stereocenters. The number of fused-ring (bicyclic) bond motifs is 1.